The molecule has 3 N–H and O–H groups in total. The summed E-state index contributed by atoms with van der Waals surface area (Å²) in [4.78, 5) is 72.3. The fraction of sp³-hybridized carbons (Fsp3) is 0.940. The predicted molar refractivity (Wildman–Crippen MR) is 344 cm³/mol. The number of carbonyl (C=O) groups excluding carboxylic acids is 4. The maximum atomic E-state index is 13.0. The van der Waals surface area contributed by atoms with E-state index in [0.717, 1.165) is 120 Å². The Morgan fingerprint density at radius 3 is 0.884 bits per heavy atom. The Hall–Kier alpha value is -1.94. The van der Waals surface area contributed by atoms with E-state index in [9.17, 15) is 43.2 Å². The van der Waals surface area contributed by atoms with Crippen LogP contribution in [-0.2, 0) is 65.4 Å². The molecule has 17 nitrogen and oxygen atoms in total. The Bertz CT molecular complexity index is 1700. The fourth-order valence-corrected chi connectivity index (χ4v) is 11.5. The van der Waals surface area contributed by atoms with Crippen molar-refractivity contribution < 1.29 is 80.2 Å². The lowest BCUT2D eigenvalue weighted by Crippen LogP contribution is -2.30. The van der Waals surface area contributed by atoms with E-state index in [1.54, 1.807) is 0 Å². The van der Waals surface area contributed by atoms with Crippen LogP contribution in [0, 0.1) is 17.8 Å². The lowest BCUT2D eigenvalue weighted by Gasteiger charge is -2.21. The van der Waals surface area contributed by atoms with E-state index in [1.807, 2.05) is 0 Å². The van der Waals surface area contributed by atoms with Gasteiger partial charge in [0, 0.05) is 25.7 Å². The molecule has 0 bridgehead atoms. The SMILES string of the molecule is CCCCCCCCCC(=O)OC[C@H](COP(=O)(O)OC[C@H](O)COP(=O)(O)OC[C@@H](COC(=O)CCCCCCCCCCCCC(C)CC)OC(=O)CCCCCCCCCCCCC(C)CC)OC(=O)CCCCCCCCCCC(C)C. The Morgan fingerprint density at radius 1 is 0.337 bits per heavy atom. The summed E-state index contributed by atoms with van der Waals surface area (Å²) in [5, 5.41) is 10.5. The second-order valence-corrected chi connectivity index (χ2v) is 28.1. The van der Waals surface area contributed by atoms with Crippen LogP contribution in [0.3, 0.4) is 0 Å². The average molecular weight is 1270 g/mol. The Labute approximate surface area is 524 Å². The third kappa shape index (κ3) is 58.4. The molecule has 19 heteroatoms. The molecule has 4 unspecified atom stereocenters. The minimum atomic E-state index is -4.95. The van der Waals surface area contributed by atoms with Gasteiger partial charge in [-0.25, -0.2) is 9.13 Å². The summed E-state index contributed by atoms with van der Waals surface area (Å²) in [5.41, 5.74) is 0. The van der Waals surface area contributed by atoms with E-state index >= 15 is 0 Å². The average Bonchev–Trinajstić information content (AvgIpc) is 3.62. The van der Waals surface area contributed by atoms with Crippen LogP contribution in [0.1, 0.15) is 331 Å². The molecule has 86 heavy (non-hydrogen) atoms. The maximum Gasteiger partial charge on any atom is 0.472 e. The Kier molecular flexibility index (Phi) is 56.9. The summed E-state index contributed by atoms with van der Waals surface area (Å²) >= 11 is 0. The summed E-state index contributed by atoms with van der Waals surface area (Å²) in [5.74, 6) is 0.195. The van der Waals surface area contributed by atoms with Crippen LogP contribution in [0.25, 0.3) is 0 Å². The van der Waals surface area contributed by atoms with Gasteiger partial charge in [-0.15, -0.1) is 0 Å². The lowest BCUT2D eigenvalue weighted by molar-refractivity contribution is -0.161. The highest BCUT2D eigenvalue weighted by molar-refractivity contribution is 7.47. The number of hydrogen-bond donors (Lipinski definition) is 3. The van der Waals surface area contributed by atoms with Crippen molar-refractivity contribution in [3.63, 3.8) is 0 Å². The standard InChI is InChI=1S/C67H130O17P2/c1-8-11-12-13-24-34-41-48-64(69)77-54-62(84-67(72)51-44-37-30-23-22-25-31-38-45-58(4)5)56-81-85(73,74)79-52-61(68)53-80-86(75,76)82-57-63(83-66(71)50-43-36-29-21-17-15-19-27-33-40-47-60(7)10-3)55-78-65(70)49-42-35-28-20-16-14-18-26-32-39-46-59(6)9-2/h58-63,68H,8-57H2,1-7H3,(H,73,74)(H,75,76)/t59?,60?,61-,62+,63+/m0/s1. The van der Waals surface area contributed by atoms with Gasteiger partial charge >= 0.3 is 39.5 Å². The molecule has 0 aliphatic carbocycles. The minimum absolute atomic E-state index is 0.104. The molecule has 510 valence electrons. The number of carbonyl (C=O) groups is 4. The number of phosphoric ester groups is 2. The molecule has 0 fully saturated rings. The summed E-state index contributed by atoms with van der Waals surface area (Å²) in [6.07, 6.45) is 40.3. The fourth-order valence-electron chi connectivity index (χ4n) is 9.95. The lowest BCUT2D eigenvalue weighted by atomic mass is 9.99. The molecule has 0 saturated heterocycles. The molecule has 0 aromatic heterocycles. The number of phosphoric acid groups is 2. The van der Waals surface area contributed by atoms with Gasteiger partial charge in [-0.2, -0.15) is 0 Å². The smallest absolute Gasteiger partial charge is 0.462 e. The van der Waals surface area contributed by atoms with Crippen LogP contribution < -0.4 is 0 Å². The predicted octanol–water partition coefficient (Wildman–Crippen LogP) is 18.7. The summed E-state index contributed by atoms with van der Waals surface area (Å²) in [6.45, 7) is 11.8. The molecular weight excluding hydrogens is 1140 g/mol. The number of unbranched alkanes of at least 4 members (excludes halogenated alkanes) is 31. The van der Waals surface area contributed by atoms with E-state index in [4.69, 9.17) is 37.0 Å². The van der Waals surface area contributed by atoms with Crippen molar-refractivity contribution in [1.82, 2.24) is 0 Å². The van der Waals surface area contributed by atoms with E-state index in [1.165, 1.54) is 128 Å². The second kappa shape index (κ2) is 58.2. The van der Waals surface area contributed by atoms with Crippen LogP contribution in [0.5, 0.6) is 0 Å². The first-order chi connectivity index (χ1) is 41.3. The maximum absolute atomic E-state index is 13.0. The number of aliphatic hydroxyl groups is 1. The number of aliphatic hydroxyl groups excluding tert-OH is 1. The number of rotatable bonds is 65. The Balaban J connectivity index is 5.23. The zero-order chi connectivity index (χ0) is 63.8. The first kappa shape index (κ1) is 84.1. The second-order valence-electron chi connectivity index (χ2n) is 25.2. The molecule has 7 atom stereocenters. The van der Waals surface area contributed by atoms with Gasteiger partial charge in [0.2, 0.25) is 0 Å². The highest BCUT2D eigenvalue weighted by atomic mass is 31.2. The van der Waals surface area contributed by atoms with E-state index < -0.39 is 97.5 Å². The van der Waals surface area contributed by atoms with Crippen molar-refractivity contribution in [2.24, 2.45) is 17.8 Å². The highest BCUT2D eigenvalue weighted by Crippen LogP contribution is 2.45. The quantitative estimate of drug-likeness (QED) is 0.0222. The van der Waals surface area contributed by atoms with Crippen molar-refractivity contribution in [2.45, 2.75) is 349 Å². The highest BCUT2D eigenvalue weighted by Gasteiger charge is 2.30. The molecule has 0 saturated carbocycles. The molecule has 0 aliphatic heterocycles. The van der Waals surface area contributed by atoms with Crippen molar-refractivity contribution in [2.75, 3.05) is 39.6 Å². The van der Waals surface area contributed by atoms with Gasteiger partial charge in [-0.1, -0.05) is 280 Å². The number of ether oxygens (including phenoxy) is 4. The summed E-state index contributed by atoms with van der Waals surface area (Å²) < 4.78 is 68.1. The molecule has 0 aliphatic rings. The van der Waals surface area contributed by atoms with Crippen molar-refractivity contribution >= 4 is 39.5 Å². The molecule has 0 rings (SSSR count). The first-order valence-corrected chi connectivity index (χ1v) is 37.9. The summed E-state index contributed by atoms with van der Waals surface area (Å²) in [6, 6.07) is 0. The molecule has 0 aromatic rings. The molecule has 0 spiro atoms. The van der Waals surface area contributed by atoms with Crippen LogP contribution in [-0.4, -0.2) is 96.7 Å². The van der Waals surface area contributed by atoms with Gasteiger partial charge in [0.25, 0.3) is 0 Å². The third-order valence-electron chi connectivity index (χ3n) is 16.1. The zero-order valence-corrected chi connectivity index (χ0v) is 57.6. The van der Waals surface area contributed by atoms with Crippen LogP contribution in [0.4, 0.5) is 0 Å². The van der Waals surface area contributed by atoms with Crippen molar-refractivity contribution in [1.29, 1.82) is 0 Å². The van der Waals surface area contributed by atoms with Crippen LogP contribution in [0.2, 0.25) is 0 Å². The Morgan fingerprint density at radius 2 is 0.593 bits per heavy atom. The third-order valence-corrected chi connectivity index (χ3v) is 18.0. The first-order valence-electron chi connectivity index (χ1n) is 34.9. The van der Waals surface area contributed by atoms with Gasteiger partial charge in [0.15, 0.2) is 12.2 Å². The van der Waals surface area contributed by atoms with Gasteiger partial charge in [0.1, 0.15) is 19.3 Å². The van der Waals surface area contributed by atoms with Gasteiger partial charge < -0.3 is 33.8 Å². The van der Waals surface area contributed by atoms with E-state index in [2.05, 4.69) is 48.5 Å². The van der Waals surface area contributed by atoms with Crippen molar-refractivity contribution in [3.05, 3.63) is 0 Å². The van der Waals surface area contributed by atoms with Gasteiger partial charge in [-0.3, -0.25) is 37.3 Å². The molecule has 0 heterocycles. The monoisotopic (exact) mass is 1270 g/mol. The van der Waals surface area contributed by atoms with Gasteiger partial charge in [-0.05, 0) is 43.4 Å². The normalized spacial score (nSPS) is 14.9. The zero-order valence-electron chi connectivity index (χ0n) is 55.8. The van der Waals surface area contributed by atoms with E-state index in [0.29, 0.717) is 25.7 Å². The van der Waals surface area contributed by atoms with Crippen LogP contribution in [0.15, 0.2) is 0 Å². The minimum Gasteiger partial charge on any atom is -0.462 e. The number of hydrogen-bond acceptors (Lipinski definition) is 15. The topological polar surface area (TPSA) is 237 Å². The largest absolute Gasteiger partial charge is 0.472 e. The molecule has 0 aromatic carbocycles. The molecule has 0 amide bonds. The van der Waals surface area contributed by atoms with Crippen LogP contribution >= 0.6 is 15.6 Å². The van der Waals surface area contributed by atoms with Crippen molar-refractivity contribution in [3.8, 4) is 0 Å². The molecular formula is C67H130O17P2. The number of esters is 4. The molecule has 0 radical (unpaired) electrons. The van der Waals surface area contributed by atoms with Gasteiger partial charge in [0.05, 0.1) is 26.4 Å². The summed E-state index contributed by atoms with van der Waals surface area (Å²) in [7, 11) is -9.89. The van der Waals surface area contributed by atoms with E-state index in [-0.39, 0.29) is 25.7 Å².